The molecule has 3 aromatic rings. The first kappa shape index (κ1) is 24.3. The highest BCUT2D eigenvalue weighted by Crippen LogP contribution is 2.25. The van der Waals surface area contributed by atoms with E-state index in [0.717, 1.165) is 30.1 Å². The van der Waals surface area contributed by atoms with Gasteiger partial charge in [-0.2, -0.15) is 0 Å². The van der Waals surface area contributed by atoms with E-state index in [1.807, 2.05) is 13.0 Å². The molecule has 0 aliphatic carbocycles. The highest BCUT2D eigenvalue weighted by molar-refractivity contribution is 7.89. The molecule has 0 amide bonds. The summed E-state index contributed by atoms with van der Waals surface area (Å²) in [6.07, 6.45) is 5.24. The summed E-state index contributed by atoms with van der Waals surface area (Å²) >= 11 is 0. The van der Waals surface area contributed by atoms with Crippen LogP contribution in [-0.4, -0.2) is 60.9 Å². The van der Waals surface area contributed by atoms with Crippen LogP contribution in [0.25, 0.3) is 11.4 Å². The second-order valence-electron chi connectivity index (χ2n) is 8.27. The molecular weight excluding hydrogens is 456 g/mol. The van der Waals surface area contributed by atoms with E-state index in [1.165, 1.54) is 0 Å². The second kappa shape index (κ2) is 10.6. The number of hydrogen-bond acceptors (Lipinski definition) is 8. The Morgan fingerprint density at radius 3 is 2.74 bits per heavy atom. The van der Waals surface area contributed by atoms with Crippen molar-refractivity contribution in [2.45, 2.75) is 43.7 Å². The zero-order valence-electron chi connectivity index (χ0n) is 19.6. The SMILES string of the molecule is COCC(C)n1c(-c2ccnc(Nc3ccc(S(=O)(=O)NCC4CCCO4)cc3)n2)cnc1C. The molecule has 4 rings (SSSR count). The first-order chi connectivity index (χ1) is 16.4. The third kappa shape index (κ3) is 5.61. The number of anilines is 2. The average Bonchev–Trinajstić information content (AvgIpc) is 3.48. The quantitative estimate of drug-likeness (QED) is 0.449. The molecule has 1 aliphatic rings. The average molecular weight is 487 g/mol. The molecule has 10 nitrogen and oxygen atoms in total. The third-order valence-corrected chi connectivity index (χ3v) is 7.13. The molecule has 2 N–H and O–H groups in total. The number of aromatic nitrogens is 4. The molecule has 2 aromatic heterocycles. The van der Waals surface area contributed by atoms with Crippen LogP contribution in [0.5, 0.6) is 0 Å². The summed E-state index contributed by atoms with van der Waals surface area (Å²) in [5.41, 5.74) is 2.26. The summed E-state index contributed by atoms with van der Waals surface area (Å²) in [5, 5.41) is 3.14. The van der Waals surface area contributed by atoms with Crippen molar-refractivity contribution in [3.63, 3.8) is 0 Å². The van der Waals surface area contributed by atoms with E-state index in [9.17, 15) is 8.42 Å². The Labute approximate surface area is 199 Å². The van der Waals surface area contributed by atoms with Crippen molar-refractivity contribution in [1.29, 1.82) is 0 Å². The van der Waals surface area contributed by atoms with Gasteiger partial charge in [-0.15, -0.1) is 0 Å². The fourth-order valence-electron chi connectivity index (χ4n) is 4.01. The molecule has 2 unspecified atom stereocenters. The van der Waals surface area contributed by atoms with Crippen molar-refractivity contribution in [3.8, 4) is 11.4 Å². The topological polar surface area (TPSA) is 120 Å². The summed E-state index contributed by atoms with van der Waals surface area (Å²) in [5.74, 6) is 1.27. The van der Waals surface area contributed by atoms with E-state index in [-0.39, 0.29) is 23.6 Å². The Bertz CT molecular complexity index is 1210. The summed E-state index contributed by atoms with van der Waals surface area (Å²) in [4.78, 5) is 13.6. The maximum Gasteiger partial charge on any atom is 0.240 e. The van der Waals surface area contributed by atoms with Crippen LogP contribution in [-0.2, 0) is 19.5 Å². The van der Waals surface area contributed by atoms with Crippen LogP contribution >= 0.6 is 0 Å². The maximum atomic E-state index is 12.6. The van der Waals surface area contributed by atoms with Crippen molar-refractivity contribution in [2.75, 3.05) is 32.2 Å². The van der Waals surface area contributed by atoms with Crippen molar-refractivity contribution < 1.29 is 17.9 Å². The van der Waals surface area contributed by atoms with Crippen molar-refractivity contribution in [1.82, 2.24) is 24.2 Å². The van der Waals surface area contributed by atoms with Crippen LogP contribution in [0.3, 0.4) is 0 Å². The normalized spacial score (nSPS) is 17.1. The minimum absolute atomic E-state index is 0.0577. The number of benzene rings is 1. The number of hydrogen-bond donors (Lipinski definition) is 2. The number of methoxy groups -OCH3 is 1. The number of rotatable bonds is 10. The summed E-state index contributed by atoms with van der Waals surface area (Å²) in [7, 11) is -1.93. The smallest absolute Gasteiger partial charge is 0.240 e. The van der Waals surface area contributed by atoms with Crippen LogP contribution in [0, 0.1) is 6.92 Å². The predicted molar refractivity (Wildman–Crippen MR) is 128 cm³/mol. The van der Waals surface area contributed by atoms with E-state index >= 15 is 0 Å². The summed E-state index contributed by atoms with van der Waals surface area (Å²) in [6.45, 7) is 5.53. The standard InChI is InChI=1S/C23H30N6O4S/c1-16(15-32-3)29-17(2)25-14-22(29)21-10-11-24-23(28-21)27-18-6-8-20(9-7-18)34(30,31)26-13-19-5-4-12-33-19/h6-11,14,16,19,26H,4-5,12-13,15H2,1-3H3,(H,24,27,28). The van der Waals surface area contributed by atoms with E-state index in [0.29, 0.717) is 24.8 Å². The van der Waals surface area contributed by atoms with E-state index in [1.54, 1.807) is 43.8 Å². The second-order valence-corrected chi connectivity index (χ2v) is 10.0. The lowest BCUT2D eigenvalue weighted by Crippen LogP contribution is -2.31. The molecule has 0 radical (unpaired) electrons. The first-order valence-electron chi connectivity index (χ1n) is 11.2. The lowest BCUT2D eigenvalue weighted by atomic mass is 10.2. The van der Waals surface area contributed by atoms with E-state index in [4.69, 9.17) is 9.47 Å². The van der Waals surface area contributed by atoms with Crippen LogP contribution in [0.2, 0.25) is 0 Å². The predicted octanol–water partition coefficient (Wildman–Crippen LogP) is 3.06. The largest absolute Gasteiger partial charge is 0.383 e. The highest BCUT2D eigenvalue weighted by Gasteiger charge is 2.20. The Hall–Kier alpha value is -2.86. The van der Waals surface area contributed by atoms with Gasteiger partial charge >= 0.3 is 0 Å². The number of imidazole rings is 1. The molecule has 182 valence electrons. The number of sulfonamides is 1. The van der Waals surface area contributed by atoms with Gasteiger partial charge in [0, 0.05) is 32.1 Å². The molecule has 3 heterocycles. The highest BCUT2D eigenvalue weighted by atomic mass is 32.2. The third-order valence-electron chi connectivity index (χ3n) is 5.69. The van der Waals surface area contributed by atoms with Gasteiger partial charge in [0.2, 0.25) is 16.0 Å². The van der Waals surface area contributed by atoms with E-state index < -0.39 is 10.0 Å². The van der Waals surface area contributed by atoms with Crippen LogP contribution in [0.1, 0.15) is 31.6 Å². The minimum Gasteiger partial charge on any atom is -0.383 e. The fourth-order valence-corrected chi connectivity index (χ4v) is 5.08. The molecule has 0 spiro atoms. The van der Waals surface area contributed by atoms with Crippen molar-refractivity contribution >= 4 is 21.7 Å². The number of ether oxygens (including phenoxy) is 2. The number of aryl methyl sites for hydroxylation is 1. The van der Waals surface area contributed by atoms with E-state index in [2.05, 4.69) is 36.5 Å². The molecule has 0 bridgehead atoms. The van der Waals surface area contributed by atoms with Crippen molar-refractivity contribution in [3.05, 3.63) is 48.5 Å². The number of nitrogens with zero attached hydrogens (tertiary/aromatic N) is 4. The summed E-state index contributed by atoms with van der Waals surface area (Å²) < 4.78 is 40.6. The lowest BCUT2D eigenvalue weighted by Gasteiger charge is -2.17. The van der Waals surface area contributed by atoms with Crippen LogP contribution < -0.4 is 10.0 Å². The van der Waals surface area contributed by atoms with Gasteiger partial charge in [-0.3, -0.25) is 0 Å². The summed E-state index contributed by atoms with van der Waals surface area (Å²) in [6, 6.07) is 8.39. The molecular formula is C23H30N6O4S. The van der Waals surface area contributed by atoms with Gasteiger partial charge in [0.25, 0.3) is 0 Å². The Morgan fingerprint density at radius 1 is 1.24 bits per heavy atom. The van der Waals surface area contributed by atoms with Gasteiger partial charge < -0.3 is 19.4 Å². The minimum atomic E-state index is -3.60. The van der Waals surface area contributed by atoms with Gasteiger partial charge in [-0.25, -0.2) is 28.1 Å². The Morgan fingerprint density at radius 2 is 2.03 bits per heavy atom. The van der Waals surface area contributed by atoms with Gasteiger partial charge in [0.15, 0.2) is 0 Å². The van der Waals surface area contributed by atoms with Crippen molar-refractivity contribution in [2.24, 2.45) is 0 Å². The molecule has 0 saturated carbocycles. The van der Waals surface area contributed by atoms with Crippen LogP contribution in [0.4, 0.5) is 11.6 Å². The zero-order valence-corrected chi connectivity index (χ0v) is 20.4. The van der Waals surface area contributed by atoms with Crippen LogP contribution in [0.15, 0.2) is 47.6 Å². The molecule has 34 heavy (non-hydrogen) atoms. The fraction of sp³-hybridized carbons (Fsp3) is 0.435. The van der Waals surface area contributed by atoms with Gasteiger partial charge in [0.05, 0.1) is 41.2 Å². The Kier molecular flexibility index (Phi) is 7.57. The number of nitrogens with one attached hydrogen (secondary N) is 2. The monoisotopic (exact) mass is 486 g/mol. The van der Waals surface area contributed by atoms with Gasteiger partial charge in [-0.1, -0.05) is 0 Å². The zero-order chi connectivity index (χ0) is 24.1. The van der Waals surface area contributed by atoms with Gasteiger partial charge in [-0.05, 0) is 57.0 Å². The lowest BCUT2D eigenvalue weighted by molar-refractivity contribution is 0.114. The molecule has 1 aromatic carbocycles. The maximum absolute atomic E-state index is 12.6. The van der Waals surface area contributed by atoms with Gasteiger partial charge in [0.1, 0.15) is 5.82 Å². The molecule has 11 heteroatoms. The first-order valence-corrected chi connectivity index (χ1v) is 12.7. The Balaban J connectivity index is 1.47. The molecule has 2 atom stereocenters. The molecule has 1 saturated heterocycles. The molecule has 1 aliphatic heterocycles. The molecule has 1 fully saturated rings.